The summed E-state index contributed by atoms with van der Waals surface area (Å²) < 4.78 is 11.2. The first kappa shape index (κ1) is 21.2. The van der Waals surface area contributed by atoms with Crippen LogP contribution in [0.3, 0.4) is 0 Å². The molecule has 8 nitrogen and oxygen atoms in total. The van der Waals surface area contributed by atoms with Crippen LogP contribution in [0.15, 0.2) is 72.2 Å². The van der Waals surface area contributed by atoms with Crippen LogP contribution < -0.4 is 0 Å². The summed E-state index contributed by atoms with van der Waals surface area (Å²) in [7, 11) is 0. The minimum absolute atomic E-state index is 0.0153. The highest BCUT2D eigenvalue weighted by atomic mass is 16.7. The summed E-state index contributed by atoms with van der Waals surface area (Å²) in [5.41, 5.74) is 0.795. The number of carboxylic acids is 2. The predicted molar refractivity (Wildman–Crippen MR) is 114 cm³/mol. The number of likely N-dealkylation sites (tertiary alicyclic amines) is 1. The molecule has 0 aromatic heterocycles. The lowest BCUT2D eigenvalue weighted by Crippen LogP contribution is -2.41. The Bertz CT molecular complexity index is 1110. The van der Waals surface area contributed by atoms with Gasteiger partial charge in [-0.25, -0.2) is 9.59 Å². The van der Waals surface area contributed by atoms with E-state index in [-0.39, 0.29) is 36.0 Å². The molecule has 0 aliphatic carbocycles. The largest absolute Gasteiger partial charge is 0.480 e. The van der Waals surface area contributed by atoms with Gasteiger partial charge >= 0.3 is 11.9 Å². The molecule has 2 fully saturated rings. The van der Waals surface area contributed by atoms with Crippen LogP contribution in [0, 0.1) is 0 Å². The summed E-state index contributed by atoms with van der Waals surface area (Å²) in [6, 6.07) is 16.1. The maximum atomic E-state index is 13.6. The number of nitrogens with zero attached hydrogens (tertiary/aromatic N) is 1. The molecule has 1 amide bonds. The molecule has 0 bridgehead atoms. The zero-order valence-corrected chi connectivity index (χ0v) is 17.1. The monoisotopic (exact) mass is 435 g/mol. The molecule has 2 saturated heterocycles. The Morgan fingerprint density at radius 1 is 0.812 bits per heavy atom. The Hall–Kier alpha value is -4.07. The number of benzene rings is 2. The second-order valence-corrected chi connectivity index (χ2v) is 7.35. The summed E-state index contributed by atoms with van der Waals surface area (Å²) in [6.45, 7) is 0.0179. The third-order valence-corrected chi connectivity index (χ3v) is 5.42. The minimum atomic E-state index is -1.24. The van der Waals surface area contributed by atoms with Crippen LogP contribution in [0.4, 0.5) is 0 Å². The molecule has 8 heteroatoms. The number of carboxylic acid groups (broad SMARTS) is 2. The minimum Gasteiger partial charge on any atom is -0.480 e. The van der Waals surface area contributed by atoms with Gasteiger partial charge in [-0.1, -0.05) is 60.7 Å². The zero-order valence-electron chi connectivity index (χ0n) is 17.1. The quantitative estimate of drug-likeness (QED) is 0.694. The molecule has 2 N–H and O–H groups in total. The summed E-state index contributed by atoms with van der Waals surface area (Å²) in [4.78, 5) is 38.8. The van der Waals surface area contributed by atoms with E-state index in [9.17, 15) is 24.6 Å². The van der Waals surface area contributed by atoms with Gasteiger partial charge in [0.25, 0.3) is 5.91 Å². The molecule has 2 aromatic rings. The number of ether oxygens (including phenoxy) is 2. The Kier molecular flexibility index (Phi) is 5.93. The van der Waals surface area contributed by atoms with Gasteiger partial charge in [-0.2, -0.15) is 0 Å². The average Bonchev–Trinajstić information content (AvgIpc) is 3.46. The number of carbonyl (C=O) groups is 3. The summed E-state index contributed by atoms with van der Waals surface area (Å²) >= 11 is 0. The molecular weight excluding hydrogens is 414 g/mol. The molecule has 0 unspecified atom stereocenters. The van der Waals surface area contributed by atoms with E-state index < -0.39 is 23.9 Å². The van der Waals surface area contributed by atoms with Gasteiger partial charge in [0.15, 0.2) is 11.5 Å². The highest BCUT2D eigenvalue weighted by molar-refractivity contribution is 6.23. The molecule has 2 heterocycles. The van der Waals surface area contributed by atoms with Crippen molar-refractivity contribution in [3.8, 4) is 0 Å². The van der Waals surface area contributed by atoms with Gasteiger partial charge in [-0.3, -0.25) is 4.79 Å². The fourth-order valence-corrected chi connectivity index (χ4v) is 3.97. The van der Waals surface area contributed by atoms with Crippen LogP contribution in [0.1, 0.15) is 24.0 Å². The van der Waals surface area contributed by atoms with E-state index in [2.05, 4.69) is 0 Å². The van der Waals surface area contributed by atoms with E-state index in [4.69, 9.17) is 9.47 Å². The number of carbonyl (C=O) groups excluding carboxylic acids is 1. The molecule has 2 aliphatic heterocycles. The van der Waals surface area contributed by atoms with Crippen molar-refractivity contribution < 1.29 is 34.1 Å². The lowest BCUT2D eigenvalue weighted by molar-refractivity contribution is -0.146. The van der Waals surface area contributed by atoms with Crippen molar-refractivity contribution >= 4 is 29.0 Å². The summed E-state index contributed by atoms with van der Waals surface area (Å²) in [5.74, 6) is -2.95. The van der Waals surface area contributed by atoms with Gasteiger partial charge in [0.2, 0.25) is 6.79 Å². The normalized spacial score (nSPS) is 20.9. The summed E-state index contributed by atoms with van der Waals surface area (Å²) in [6.07, 6.45) is 0.910. The maximum Gasteiger partial charge on any atom is 0.340 e. The lowest BCUT2D eigenvalue weighted by atomic mass is 9.98. The third-order valence-electron chi connectivity index (χ3n) is 5.42. The Morgan fingerprint density at radius 2 is 1.34 bits per heavy atom. The Labute approximate surface area is 184 Å². The smallest absolute Gasteiger partial charge is 0.340 e. The van der Waals surface area contributed by atoms with Gasteiger partial charge in [-0.05, 0) is 24.0 Å². The van der Waals surface area contributed by atoms with Crippen LogP contribution in [0.25, 0.3) is 11.1 Å². The number of rotatable bonds is 5. The van der Waals surface area contributed by atoms with Crippen LogP contribution in [0.2, 0.25) is 0 Å². The molecule has 2 aromatic carbocycles. The van der Waals surface area contributed by atoms with E-state index in [0.717, 1.165) is 0 Å². The molecule has 4 rings (SSSR count). The Balaban J connectivity index is 1.93. The van der Waals surface area contributed by atoms with Gasteiger partial charge in [0, 0.05) is 6.54 Å². The van der Waals surface area contributed by atoms with Crippen molar-refractivity contribution in [3.05, 3.63) is 83.3 Å². The first-order chi connectivity index (χ1) is 15.5. The SMILES string of the molecule is O=C(O)/C(=C1/OCO/C1=C(\C(=O)N1CCC[C@H]1C(=O)O)c1ccccc1)c1ccccc1. The second kappa shape index (κ2) is 8.97. The fraction of sp³-hybridized carbons (Fsp3) is 0.208. The van der Waals surface area contributed by atoms with Crippen LogP contribution in [-0.4, -0.2) is 52.3 Å². The summed E-state index contributed by atoms with van der Waals surface area (Å²) in [5, 5.41) is 19.5. The fourth-order valence-electron chi connectivity index (χ4n) is 3.97. The van der Waals surface area contributed by atoms with Crippen molar-refractivity contribution in [1.29, 1.82) is 0 Å². The molecule has 0 radical (unpaired) electrons. The van der Waals surface area contributed by atoms with Crippen molar-refractivity contribution in [2.75, 3.05) is 13.3 Å². The predicted octanol–water partition coefficient (Wildman–Crippen LogP) is 2.97. The number of aliphatic carboxylic acids is 2. The Morgan fingerprint density at radius 3 is 1.88 bits per heavy atom. The first-order valence-electron chi connectivity index (χ1n) is 10.1. The molecule has 0 saturated carbocycles. The highest BCUT2D eigenvalue weighted by Gasteiger charge is 2.39. The standard InChI is InChI=1S/C24H21NO7/c26-22(25-13-7-12-17(25)23(27)28)18(15-8-3-1-4-9-15)20-21(32-14-31-20)19(24(29)30)16-10-5-2-6-11-16/h1-6,8-11,17H,7,12-14H2,(H,27,28)(H,29,30)/b20-18-,21-19+/t17-/m0/s1. The van der Waals surface area contributed by atoms with Crippen LogP contribution in [-0.2, 0) is 23.9 Å². The van der Waals surface area contributed by atoms with Crippen LogP contribution >= 0.6 is 0 Å². The molecular formula is C24H21NO7. The van der Waals surface area contributed by atoms with Crippen LogP contribution in [0.5, 0.6) is 0 Å². The lowest BCUT2D eigenvalue weighted by Gasteiger charge is -2.23. The van der Waals surface area contributed by atoms with Crippen molar-refractivity contribution in [3.63, 3.8) is 0 Å². The van der Waals surface area contributed by atoms with Gasteiger partial charge in [0.05, 0.1) is 5.57 Å². The highest BCUT2D eigenvalue weighted by Crippen LogP contribution is 2.37. The van der Waals surface area contributed by atoms with Crippen molar-refractivity contribution in [2.24, 2.45) is 0 Å². The van der Waals surface area contributed by atoms with Crippen molar-refractivity contribution in [1.82, 2.24) is 4.90 Å². The molecule has 0 spiro atoms. The van der Waals surface area contributed by atoms with Crippen molar-refractivity contribution in [2.45, 2.75) is 18.9 Å². The molecule has 2 aliphatic rings. The van der Waals surface area contributed by atoms with E-state index in [1.165, 1.54) is 4.90 Å². The van der Waals surface area contributed by atoms with E-state index in [0.29, 0.717) is 24.0 Å². The third kappa shape index (κ3) is 3.94. The number of hydrogen-bond acceptors (Lipinski definition) is 5. The zero-order chi connectivity index (χ0) is 22.7. The number of hydrogen-bond donors (Lipinski definition) is 2. The number of amides is 1. The van der Waals surface area contributed by atoms with Gasteiger partial charge < -0.3 is 24.6 Å². The first-order valence-corrected chi connectivity index (χ1v) is 10.1. The second-order valence-electron chi connectivity index (χ2n) is 7.35. The maximum absolute atomic E-state index is 13.6. The molecule has 32 heavy (non-hydrogen) atoms. The topological polar surface area (TPSA) is 113 Å². The van der Waals surface area contributed by atoms with E-state index in [1.54, 1.807) is 60.7 Å². The van der Waals surface area contributed by atoms with E-state index >= 15 is 0 Å². The molecule has 1 atom stereocenters. The molecule has 164 valence electrons. The van der Waals surface area contributed by atoms with Gasteiger partial charge in [-0.15, -0.1) is 0 Å². The van der Waals surface area contributed by atoms with E-state index in [1.807, 2.05) is 0 Å². The van der Waals surface area contributed by atoms with Gasteiger partial charge in [0.1, 0.15) is 11.6 Å². The average molecular weight is 435 g/mol.